The molecule has 0 aromatic heterocycles. The molecule has 1 fully saturated rings. The van der Waals surface area contributed by atoms with Gasteiger partial charge >= 0.3 is 0 Å². The summed E-state index contributed by atoms with van der Waals surface area (Å²) in [6.45, 7) is 12.0. The number of ether oxygens (including phenoxy) is 1. The Morgan fingerprint density at radius 1 is 0.952 bits per heavy atom. The summed E-state index contributed by atoms with van der Waals surface area (Å²) in [7, 11) is 0. The predicted molar refractivity (Wildman–Crippen MR) is 91.5 cm³/mol. The third-order valence-electron chi connectivity index (χ3n) is 5.39. The number of rotatable bonds is 4. The van der Waals surface area contributed by atoms with E-state index < -0.39 is 0 Å². The van der Waals surface area contributed by atoms with E-state index in [1.807, 2.05) is 0 Å². The standard InChI is InChI=1S/C19H29ClO/c1-12-13(2)15(4)19(16(5)14(12)3)18(20)10-9-17-8-6-7-11-21-17/h17-18H,6-11H2,1-5H3. The molecule has 1 aliphatic heterocycles. The number of halogens is 1. The number of alkyl halides is 1. The lowest BCUT2D eigenvalue weighted by Crippen LogP contribution is -2.19. The van der Waals surface area contributed by atoms with Crippen molar-refractivity contribution in [2.45, 2.75) is 78.2 Å². The molecule has 118 valence electrons. The summed E-state index contributed by atoms with van der Waals surface area (Å²) in [6, 6.07) is 0. The Morgan fingerprint density at radius 2 is 1.52 bits per heavy atom. The van der Waals surface area contributed by atoms with Gasteiger partial charge in [-0.1, -0.05) is 0 Å². The molecular formula is C19H29ClO. The quantitative estimate of drug-likeness (QED) is 0.633. The van der Waals surface area contributed by atoms with Gasteiger partial charge in [-0.2, -0.15) is 0 Å². The van der Waals surface area contributed by atoms with E-state index in [0.717, 1.165) is 19.4 Å². The molecule has 21 heavy (non-hydrogen) atoms. The summed E-state index contributed by atoms with van der Waals surface area (Å²) in [5.74, 6) is 0. The molecule has 1 nitrogen and oxygen atoms in total. The van der Waals surface area contributed by atoms with Gasteiger partial charge in [0, 0.05) is 6.61 Å². The van der Waals surface area contributed by atoms with Crippen LogP contribution in [0.4, 0.5) is 0 Å². The second-order valence-electron chi connectivity index (χ2n) is 6.57. The summed E-state index contributed by atoms with van der Waals surface area (Å²) < 4.78 is 5.83. The summed E-state index contributed by atoms with van der Waals surface area (Å²) in [5.41, 5.74) is 8.31. The number of hydrogen-bond acceptors (Lipinski definition) is 1. The Labute approximate surface area is 135 Å². The Hall–Kier alpha value is -0.530. The van der Waals surface area contributed by atoms with Crippen molar-refractivity contribution < 1.29 is 4.74 Å². The molecule has 0 spiro atoms. The predicted octanol–water partition coefficient (Wildman–Crippen LogP) is 5.86. The largest absolute Gasteiger partial charge is 0.378 e. The fourth-order valence-electron chi connectivity index (χ4n) is 3.51. The van der Waals surface area contributed by atoms with Crippen molar-refractivity contribution in [3.8, 4) is 0 Å². The average Bonchev–Trinajstić information content (AvgIpc) is 2.50. The third-order valence-corrected chi connectivity index (χ3v) is 5.82. The van der Waals surface area contributed by atoms with Gasteiger partial charge in [0.25, 0.3) is 0 Å². The van der Waals surface area contributed by atoms with E-state index in [2.05, 4.69) is 34.6 Å². The van der Waals surface area contributed by atoms with Crippen molar-refractivity contribution in [3.63, 3.8) is 0 Å². The second kappa shape index (κ2) is 7.15. The fraction of sp³-hybridized carbons (Fsp3) is 0.684. The van der Waals surface area contributed by atoms with Gasteiger partial charge in [-0.3, -0.25) is 0 Å². The SMILES string of the molecule is Cc1c(C)c(C)c(C(Cl)CCC2CCCCO2)c(C)c1C. The van der Waals surface area contributed by atoms with Gasteiger partial charge in [0.2, 0.25) is 0 Å². The maximum atomic E-state index is 6.78. The molecule has 2 rings (SSSR count). The van der Waals surface area contributed by atoms with E-state index in [-0.39, 0.29) is 5.38 Å². The van der Waals surface area contributed by atoms with Crippen LogP contribution in [0.25, 0.3) is 0 Å². The lowest BCUT2D eigenvalue weighted by Gasteiger charge is -2.25. The van der Waals surface area contributed by atoms with E-state index in [1.54, 1.807) is 0 Å². The van der Waals surface area contributed by atoms with Crippen LogP contribution in [0.3, 0.4) is 0 Å². The van der Waals surface area contributed by atoms with Crippen molar-refractivity contribution in [3.05, 3.63) is 33.4 Å². The molecule has 0 bridgehead atoms. The summed E-state index contributed by atoms with van der Waals surface area (Å²) in [5, 5.41) is 0.105. The van der Waals surface area contributed by atoms with Crippen LogP contribution in [-0.4, -0.2) is 12.7 Å². The van der Waals surface area contributed by atoms with Crippen molar-refractivity contribution in [1.29, 1.82) is 0 Å². The van der Waals surface area contributed by atoms with Gasteiger partial charge < -0.3 is 4.74 Å². The molecular weight excluding hydrogens is 280 g/mol. The highest BCUT2D eigenvalue weighted by Crippen LogP contribution is 2.36. The van der Waals surface area contributed by atoms with Gasteiger partial charge in [-0.25, -0.2) is 0 Å². The highest BCUT2D eigenvalue weighted by molar-refractivity contribution is 6.21. The zero-order valence-electron chi connectivity index (χ0n) is 14.2. The van der Waals surface area contributed by atoms with E-state index in [4.69, 9.17) is 16.3 Å². The first-order valence-electron chi connectivity index (χ1n) is 8.26. The number of hydrogen-bond donors (Lipinski definition) is 0. The Morgan fingerprint density at radius 3 is 2.05 bits per heavy atom. The molecule has 0 amide bonds. The average molecular weight is 309 g/mol. The van der Waals surface area contributed by atoms with Crippen LogP contribution in [0.5, 0.6) is 0 Å². The smallest absolute Gasteiger partial charge is 0.0591 e. The molecule has 0 radical (unpaired) electrons. The van der Waals surface area contributed by atoms with Gasteiger partial charge in [-0.05, 0) is 100 Å². The van der Waals surface area contributed by atoms with Crippen LogP contribution < -0.4 is 0 Å². The molecule has 1 aliphatic rings. The van der Waals surface area contributed by atoms with Gasteiger partial charge in [0.15, 0.2) is 0 Å². The molecule has 2 heteroatoms. The second-order valence-corrected chi connectivity index (χ2v) is 7.10. The van der Waals surface area contributed by atoms with Crippen molar-refractivity contribution in [2.24, 2.45) is 0 Å². The minimum atomic E-state index is 0.105. The third kappa shape index (κ3) is 3.63. The normalized spacial score (nSPS) is 20.6. The lowest BCUT2D eigenvalue weighted by molar-refractivity contribution is 0.00999. The summed E-state index contributed by atoms with van der Waals surface area (Å²) in [6.07, 6.45) is 6.24. The minimum absolute atomic E-state index is 0.105. The summed E-state index contributed by atoms with van der Waals surface area (Å²) >= 11 is 6.78. The number of benzene rings is 1. The van der Waals surface area contributed by atoms with E-state index in [9.17, 15) is 0 Å². The van der Waals surface area contributed by atoms with Crippen LogP contribution >= 0.6 is 11.6 Å². The van der Waals surface area contributed by atoms with E-state index in [1.165, 1.54) is 52.6 Å². The first kappa shape index (κ1) is 16.8. The molecule has 1 aromatic carbocycles. The molecule has 1 aromatic rings. The van der Waals surface area contributed by atoms with Crippen LogP contribution in [0.2, 0.25) is 0 Å². The van der Waals surface area contributed by atoms with Gasteiger partial charge in [0.05, 0.1) is 11.5 Å². The Balaban J connectivity index is 2.13. The molecule has 0 aliphatic carbocycles. The Bertz CT molecular complexity index is 472. The highest BCUT2D eigenvalue weighted by Gasteiger charge is 2.21. The van der Waals surface area contributed by atoms with E-state index in [0.29, 0.717) is 6.10 Å². The van der Waals surface area contributed by atoms with Crippen LogP contribution in [0, 0.1) is 34.6 Å². The van der Waals surface area contributed by atoms with Crippen molar-refractivity contribution >= 4 is 11.6 Å². The molecule has 0 saturated carbocycles. The highest BCUT2D eigenvalue weighted by atomic mass is 35.5. The van der Waals surface area contributed by atoms with Crippen molar-refractivity contribution in [2.75, 3.05) is 6.61 Å². The molecule has 0 N–H and O–H groups in total. The van der Waals surface area contributed by atoms with E-state index >= 15 is 0 Å². The molecule has 2 unspecified atom stereocenters. The monoisotopic (exact) mass is 308 g/mol. The van der Waals surface area contributed by atoms with Crippen molar-refractivity contribution in [1.82, 2.24) is 0 Å². The fourth-order valence-corrected chi connectivity index (χ4v) is 3.96. The first-order chi connectivity index (χ1) is 9.93. The van der Waals surface area contributed by atoms with Gasteiger partial charge in [0.1, 0.15) is 0 Å². The van der Waals surface area contributed by atoms with Crippen LogP contribution in [0.1, 0.15) is 70.9 Å². The minimum Gasteiger partial charge on any atom is -0.378 e. The van der Waals surface area contributed by atoms with Crippen LogP contribution in [-0.2, 0) is 4.74 Å². The lowest BCUT2D eigenvalue weighted by atomic mass is 9.87. The molecule has 2 atom stereocenters. The maximum absolute atomic E-state index is 6.78. The Kier molecular flexibility index (Phi) is 5.73. The zero-order chi connectivity index (χ0) is 15.6. The molecule has 1 heterocycles. The zero-order valence-corrected chi connectivity index (χ0v) is 14.9. The first-order valence-corrected chi connectivity index (χ1v) is 8.69. The van der Waals surface area contributed by atoms with Gasteiger partial charge in [-0.15, -0.1) is 11.6 Å². The molecule has 1 saturated heterocycles. The summed E-state index contributed by atoms with van der Waals surface area (Å²) in [4.78, 5) is 0. The maximum Gasteiger partial charge on any atom is 0.0591 e. The topological polar surface area (TPSA) is 9.23 Å². The van der Waals surface area contributed by atoms with Crippen LogP contribution in [0.15, 0.2) is 0 Å².